The second-order valence-corrected chi connectivity index (χ2v) is 13.6. The average molecular weight is 694 g/mol. The predicted octanol–water partition coefficient (Wildman–Crippen LogP) is 7.37. The van der Waals surface area contributed by atoms with Crippen molar-refractivity contribution in [1.82, 2.24) is 10.2 Å². The highest BCUT2D eigenvalue weighted by molar-refractivity contribution is 7.92. The first-order valence-electron chi connectivity index (χ1n) is 16.5. The second kappa shape index (κ2) is 17.3. The van der Waals surface area contributed by atoms with Gasteiger partial charge in [0.15, 0.2) is 0 Å². The Hall–Kier alpha value is -5.48. The third-order valence-electron chi connectivity index (χ3n) is 8.11. The van der Waals surface area contributed by atoms with Crippen LogP contribution in [-0.4, -0.2) is 44.3 Å². The van der Waals surface area contributed by atoms with Gasteiger partial charge in [-0.25, -0.2) is 12.8 Å². The number of benzene rings is 5. The van der Waals surface area contributed by atoms with Gasteiger partial charge in [-0.2, -0.15) is 0 Å². The van der Waals surface area contributed by atoms with E-state index in [9.17, 15) is 18.0 Å². The number of rotatable bonds is 16. The maximum absolute atomic E-state index is 15.1. The first-order valence-corrected chi connectivity index (χ1v) is 18.0. The van der Waals surface area contributed by atoms with Gasteiger partial charge in [-0.3, -0.25) is 13.9 Å². The van der Waals surface area contributed by atoms with E-state index < -0.39 is 40.2 Å². The Kier molecular flexibility index (Phi) is 12.4. The summed E-state index contributed by atoms with van der Waals surface area (Å²) in [6, 6.07) is 37.5. The number of ether oxygens (including phenoxy) is 1. The van der Waals surface area contributed by atoms with Gasteiger partial charge in [0.1, 0.15) is 29.9 Å². The summed E-state index contributed by atoms with van der Waals surface area (Å²) in [7, 11) is -4.29. The molecule has 0 saturated heterocycles. The van der Waals surface area contributed by atoms with Crippen LogP contribution in [0.3, 0.4) is 0 Å². The minimum absolute atomic E-state index is 0.0174. The molecule has 0 aliphatic rings. The fraction of sp³-hybridized carbons (Fsp3) is 0.200. The number of halogens is 1. The van der Waals surface area contributed by atoms with Crippen LogP contribution in [0.5, 0.6) is 11.5 Å². The summed E-state index contributed by atoms with van der Waals surface area (Å²) in [6.07, 6.45) is 1.72. The van der Waals surface area contributed by atoms with E-state index in [1.54, 1.807) is 72.8 Å². The number of unbranched alkanes of at least 4 members (excludes halogenated alkanes) is 1. The Morgan fingerprint density at radius 3 is 1.98 bits per heavy atom. The Balaban J connectivity index is 1.54. The largest absolute Gasteiger partial charge is 0.457 e. The molecule has 0 aliphatic heterocycles. The van der Waals surface area contributed by atoms with E-state index in [-0.39, 0.29) is 29.1 Å². The summed E-state index contributed by atoms with van der Waals surface area (Å²) >= 11 is 0. The van der Waals surface area contributed by atoms with E-state index in [1.807, 2.05) is 55.5 Å². The molecule has 10 heteroatoms. The van der Waals surface area contributed by atoms with Gasteiger partial charge in [0, 0.05) is 25.1 Å². The molecule has 5 rings (SSSR count). The molecule has 0 radical (unpaired) electrons. The summed E-state index contributed by atoms with van der Waals surface area (Å²) in [6.45, 7) is 1.49. The molecule has 0 bridgehead atoms. The quantitative estimate of drug-likeness (QED) is 0.109. The smallest absolute Gasteiger partial charge is 0.264 e. The summed E-state index contributed by atoms with van der Waals surface area (Å²) in [5.74, 6) is -0.556. The molecule has 0 spiro atoms. The van der Waals surface area contributed by atoms with E-state index in [0.29, 0.717) is 18.0 Å². The zero-order valence-electron chi connectivity index (χ0n) is 27.8. The summed E-state index contributed by atoms with van der Waals surface area (Å²) in [5.41, 5.74) is 1.19. The third-order valence-corrected chi connectivity index (χ3v) is 9.90. The average Bonchev–Trinajstić information content (AvgIpc) is 3.14. The van der Waals surface area contributed by atoms with Gasteiger partial charge in [-0.15, -0.1) is 0 Å². The van der Waals surface area contributed by atoms with Crippen molar-refractivity contribution in [3.05, 3.63) is 156 Å². The standard InChI is InChI=1S/C40H40FN3O5S/c1-2-3-27-42-40(46)38(28-31-15-7-4-8-16-31)43(29-32-17-13-14-22-37(32)41)39(45)30-44(50(47,48)36-20-11-6-12-21-36)33-23-25-35(26-24-33)49-34-18-9-5-10-19-34/h4-26,38H,2-3,27-30H2,1H3,(H,42,46). The van der Waals surface area contributed by atoms with Crippen LogP contribution in [0.1, 0.15) is 30.9 Å². The molecule has 1 N–H and O–H groups in total. The first kappa shape index (κ1) is 35.8. The maximum atomic E-state index is 15.1. The summed E-state index contributed by atoms with van der Waals surface area (Å²) in [5, 5.41) is 2.93. The number of nitrogens with zero attached hydrogens (tertiary/aromatic N) is 2. The maximum Gasteiger partial charge on any atom is 0.264 e. The number of sulfonamides is 1. The van der Waals surface area contributed by atoms with Crippen molar-refractivity contribution < 1.29 is 27.1 Å². The lowest BCUT2D eigenvalue weighted by Crippen LogP contribution is -2.53. The van der Waals surface area contributed by atoms with Crippen molar-refractivity contribution in [2.45, 2.75) is 43.7 Å². The minimum Gasteiger partial charge on any atom is -0.457 e. The van der Waals surface area contributed by atoms with Crippen molar-refractivity contribution in [2.75, 3.05) is 17.4 Å². The van der Waals surface area contributed by atoms with E-state index in [2.05, 4.69) is 5.32 Å². The highest BCUT2D eigenvalue weighted by Gasteiger charge is 2.35. The van der Waals surface area contributed by atoms with Gasteiger partial charge in [-0.1, -0.05) is 98.3 Å². The van der Waals surface area contributed by atoms with Crippen LogP contribution < -0.4 is 14.4 Å². The molecule has 0 heterocycles. The van der Waals surface area contributed by atoms with Crippen LogP contribution in [0, 0.1) is 5.82 Å². The number of para-hydroxylation sites is 1. The number of carbonyl (C=O) groups is 2. The Morgan fingerprint density at radius 2 is 1.34 bits per heavy atom. The highest BCUT2D eigenvalue weighted by atomic mass is 32.2. The molecular formula is C40H40FN3O5S. The van der Waals surface area contributed by atoms with Crippen molar-refractivity contribution in [3.63, 3.8) is 0 Å². The number of carbonyl (C=O) groups excluding carboxylic acids is 2. The zero-order valence-corrected chi connectivity index (χ0v) is 28.6. The molecule has 1 unspecified atom stereocenters. The van der Waals surface area contributed by atoms with Crippen LogP contribution in [0.4, 0.5) is 10.1 Å². The van der Waals surface area contributed by atoms with Crippen molar-refractivity contribution >= 4 is 27.5 Å². The molecule has 0 aromatic heterocycles. The Labute approximate surface area is 293 Å². The second-order valence-electron chi connectivity index (χ2n) is 11.7. The molecule has 258 valence electrons. The van der Waals surface area contributed by atoms with Crippen LogP contribution in [0.25, 0.3) is 0 Å². The number of anilines is 1. The monoisotopic (exact) mass is 693 g/mol. The lowest BCUT2D eigenvalue weighted by atomic mass is 10.0. The van der Waals surface area contributed by atoms with E-state index in [1.165, 1.54) is 23.1 Å². The van der Waals surface area contributed by atoms with E-state index in [0.717, 1.165) is 22.7 Å². The first-order chi connectivity index (χ1) is 24.3. The fourth-order valence-electron chi connectivity index (χ4n) is 5.42. The SMILES string of the molecule is CCCCNC(=O)C(Cc1ccccc1)N(Cc1ccccc1F)C(=O)CN(c1ccc(Oc2ccccc2)cc1)S(=O)(=O)c1ccccc1. The van der Waals surface area contributed by atoms with Crippen LogP contribution in [0.15, 0.2) is 144 Å². The molecule has 5 aromatic carbocycles. The number of nitrogens with one attached hydrogen (secondary N) is 1. The van der Waals surface area contributed by atoms with Crippen molar-refractivity contribution in [1.29, 1.82) is 0 Å². The minimum atomic E-state index is -4.29. The molecule has 0 aliphatic carbocycles. The van der Waals surface area contributed by atoms with E-state index >= 15 is 4.39 Å². The highest BCUT2D eigenvalue weighted by Crippen LogP contribution is 2.29. The summed E-state index contributed by atoms with van der Waals surface area (Å²) in [4.78, 5) is 29.7. The molecule has 1 atom stereocenters. The molecule has 0 saturated carbocycles. The van der Waals surface area contributed by atoms with Gasteiger partial charge in [0.2, 0.25) is 11.8 Å². The topological polar surface area (TPSA) is 96.0 Å². The van der Waals surface area contributed by atoms with E-state index in [4.69, 9.17) is 4.74 Å². The molecule has 8 nitrogen and oxygen atoms in total. The van der Waals surface area contributed by atoms with Gasteiger partial charge in [0.25, 0.3) is 10.0 Å². The normalized spacial score (nSPS) is 11.7. The van der Waals surface area contributed by atoms with Gasteiger partial charge in [0.05, 0.1) is 10.6 Å². The molecule has 5 aromatic rings. The number of hydrogen-bond donors (Lipinski definition) is 1. The lowest BCUT2D eigenvalue weighted by Gasteiger charge is -2.34. The van der Waals surface area contributed by atoms with Crippen LogP contribution in [-0.2, 0) is 32.6 Å². The molecule has 2 amide bonds. The van der Waals surface area contributed by atoms with Crippen molar-refractivity contribution in [2.24, 2.45) is 0 Å². The van der Waals surface area contributed by atoms with Gasteiger partial charge in [-0.05, 0) is 66.6 Å². The lowest BCUT2D eigenvalue weighted by molar-refractivity contribution is -0.140. The molecule has 0 fully saturated rings. The number of hydrogen-bond acceptors (Lipinski definition) is 5. The molecular weight excluding hydrogens is 654 g/mol. The zero-order chi connectivity index (χ0) is 35.3. The van der Waals surface area contributed by atoms with Gasteiger partial charge >= 0.3 is 0 Å². The molecule has 50 heavy (non-hydrogen) atoms. The van der Waals surface area contributed by atoms with Crippen LogP contribution >= 0.6 is 0 Å². The Bertz CT molecular complexity index is 1940. The van der Waals surface area contributed by atoms with Crippen molar-refractivity contribution in [3.8, 4) is 11.5 Å². The van der Waals surface area contributed by atoms with Crippen LogP contribution in [0.2, 0.25) is 0 Å². The predicted molar refractivity (Wildman–Crippen MR) is 193 cm³/mol. The fourth-order valence-corrected chi connectivity index (χ4v) is 6.86. The summed E-state index contributed by atoms with van der Waals surface area (Å²) < 4.78 is 50.5. The van der Waals surface area contributed by atoms with Gasteiger partial charge < -0.3 is 15.0 Å². The third kappa shape index (κ3) is 9.35. The number of amides is 2. The Morgan fingerprint density at radius 1 is 0.760 bits per heavy atom.